The number of carbonyl (C=O) groups is 1. The summed E-state index contributed by atoms with van der Waals surface area (Å²) in [5.41, 5.74) is 2.55. The van der Waals surface area contributed by atoms with Crippen molar-refractivity contribution in [1.29, 1.82) is 0 Å². The van der Waals surface area contributed by atoms with Gasteiger partial charge in [-0.15, -0.1) is 11.8 Å². The van der Waals surface area contributed by atoms with Gasteiger partial charge in [0.2, 0.25) is 0 Å². The van der Waals surface area contributed by atoms with Gasteiger partial charge >= 0.3 is 0 Å². The first-order chi connectivity index (χ1) is 8.65. The molecule has 0 N–H and O–H groups in total. The molecule has 4 heteroatoms. The molecule has 1 heterocycles. The fourth-order valence-electron chi connectivity index (χ4n) is 1.98. The van der Waals surface area contributed by atoms with Gasteiger partial charge in [-0.25, -0.2) is 0 Å². The molecular formula is C14H17NOS2. The molecule has 96 valence electrons. The van der Waals surface area contributed by atoms with Crippen LogP contribution in [0.5, 0.6) is 0 Å². The van der Waals surface area contributed by atoms with Crippen molar-refractivity contribution >= 4 is 33.8 Å². The van der Waals surface area contributed by atoms with Gasteiger partial charge in [0, 0.05) is 5.92 Å². The largest absolute Gasteiger partial charge is 0.271 e. The van der Waals surface area contributed by atoms with E-state index in [0.29, 0.717) is 0 Å². The highest BCUT2D eigenvalue weighted by Gasteiger charge is 2.33. The monoisotopic (exact) mass is 279 g/mol. The van der Waals surface area contributed by atoms with E-state index in [-0.39, 0.29) is 17.1 Å². The molecule has 1 amide bonds. The molecule has 2 unspecified atom stereocenters. The zero-order chi connectivity index (χ0) is 13.1. The van der Waals surface area contributed by atoms with Gasteiger partial charge in [-0.1, -0.05) is 49.9 Å². The van der Waals surface area contributed by atoms with Crippen LogP contribution in [0.4, 0.5) is 0 Å². The number of thioether (sulfide) groups is 2. The zero-order valence-corrected chi connectivity index (χ0v) is 12.5. The topological polar surface area (TPSA) is 29.4 Å². The molecule has 2 rings (SSSR count). The molecule has 1 aromatic rings. The second-order valence-corrected chi connectivity index (χ2v) is 6.53. The van der Waals surface area contributed by atoms with E-state index < -0.39 is 0 Å². The van der Waals surface area contributed by atoms with Crippen LogP contribution in [-0.4, -0.2) is 21.8 Å². The number of hydrogen-bond donors (Lipinski definition) is 0. The third kappa shape index (κ3) is 2.81. The van der Waals surface area contributed by atoms with Crippen LogP contribution in [0.15, 0.2) is 29.3 Å². The summed E-state index contributed by atoms with van der Waals surface area (Å²) < 4.78 is 0.891. The van der Waals surface area contributed by atoms with Gasteiger partial charge < -0.3 is 0 Å². The highest BCUT2D eigenvalue weighted by molar-refractivity contribution is 8.39. The molecule has 0 saturated heterocycles. The minimum Gasteiger partial charge on any atom is -0.271 e. The Balaban J connectivity index is 2.12. The quantitative estimate of drug-likeness (QED) is 0.844. The van der Waals surface area contributed by atoms with Crippen molar-refractivity contribution in [3.05, 3.63) is 35.4 Å². The fourth-order valence-corrected chi connectivity index (χ4v) is 3.73. The van der Waals surface area contributed by atoms with Crippen LogP contribution in [0.2, 0.25) is 0 Å². The molecule has 0 bridgehead atoms. The standard InChI is InChI=1S/C14H17NOS2/c1-4-10-5-7-11(8-6-10)9(2)12-13(16)15-14(17-3)18-12/h5-9,12H,4H2,1-3H3. The lowest BCUT2D eigenvalue weighted by Crippen LogP contribution is -2.18. The number of aryl methyl sites for hydroxylation is 1. The Labute approximate surface area is 117 Å². The Bertz CT molecular complexity index is 467. The molecule has 2 nitrogen and oxygen atoms in total. The van der Waals surface area contributed by atoms with Crippen LogP contribution in [0.3, 0.4) is 0 Å². The first-order valence-corrected chi connectivity index (χ1v) is 8.18. The molecule has 1 aromatic carbocycles. The summed E-state index contributed by atoms with van der Waals surface area (Å²) in [5, 5.41) is -0.0556. The number of hydrogen-bond acceptors (Lipinski definition) is 3. The van der Waals surface area contributed by atoms with E-state index in [4.69, 9.17) is 0 Å². The highest BCUT2D eigenvalue weighted by Crippen LogP contribution is 2.37. The van der Waals surface area contributed by atoms with E-state index in [9.17, 15) is 4.79 Å². The Kier molecular flexibility index (Phi) is 4.51. The van der Waals surface area contributed by atoms with Crippen molar-refractivity contribution in [2.45, 2.75) is 31.4 Å². The van der Waals surface area contributed by atoms with Gasteiger partial charge in [0.1, 0.15) is 4.38 Å². The second kappa shape index (κ2) is 5.93. The normalized spacial score (nSPS) is 20.9. The summed E-state index contributed by atoms with van der Waals surface area (Å²) in [6.07, 6.45) is 3.01. The molecule has 2 atom stereocenters. The van der Waals surface area contributed by atoms with Gasteiger partial charge in [0.15, 0.2) is 0 Å². The second-order valence-electron chi connectivity index (χ2n) is 4.34. The number of nitrogens with zero attached hydrogens (tertiary/aromatic N) is 1. The van der Waals surface area contributed by atoms with Crippen molar-refractivity contribution in [3.63, 3.8) is 0 Å². The van der Waals surface area contributed by atoms with Crippen molar-refractivity contribution in [2.75, 3.05) is 6.26 Å². The highest BCUT2D eigenvalue weighted by atomic mass is 32.2. The number of amides is 1. The molecule has 0 radical (unpaired) electrons. The average Bonchev–Trinajstić information content (AvgIpc) is 2.79. The smallest absolute Gasteiger partial charge is 0.261 e. The van der Waals surface area contributed by atoms with Gasteiger partial charge in [-0.3, -0.25) is 4.79 Å². The zero-order valence-electron chi connectivity index (χ0n) is 10.8. The molecule has 0 saturated carbocycles. The van der Waals surface area contributed by atoms with Gasteiger partial charge in [0.25, 0.3) is 5.91 Å². The maximum Gasteiger partial charge on any atom is 0.261 e. The predicted molar refractivity (Wildman–Crippen MR) is 81.6 cm³/mol. The summed E-state index contributed by atoms with van der Waals surface area (Å²) in [4.78, 5) is 15.9. The van der Waals surface area contributed by atoms with Crippen molar-refractivity contribution < 1.29 is 4.79 Å². The van der Waals surface area contributed by atoms with E-state index in [1.165, 1.54) is 11.1 Å². The van der Waals surface area contributed by atoms with E-state index in [1.807, 2.05) is 6.26 Å². The first-order valence-electron chi connectivity index (χ1n) is 6.07. The number of rotatable bonds is 3. The van der Waals surface area contributed by atoms with Crippen LogP contribution in [-0.2, 0) is 11.2 Å². The fraction of sp³-hybridized carbons (Fsp3) is 0.429. The third-order valence-electron chi connectivity index (χ3n) is 3.22. The first kappa shape index (κ1) is 13.7. The molecule has 0 aliphatic carbocycles. The van der Waals surface area contributed by atoms with Gasteiger partial charge in [0.05, 0.1) is 5.25 Å². The lowest BCUT2D eigenvalue weighted by atomic mass is 9.95. The summed E-state index contributed by atoms with van der Waals surface area (Å²) in [5.74, 6) is 0.221. The van der Waals surface area contributed by atoms with E-state index in [2.05, 4.69) is 43.1 Å². The molecule has 1 aliphatic heterocycles. The number of aliphatic imine (C=N–C) groups is 1. The van der Waals surface area contributed by atoms with Crippen molar-refractivity contribution in [3.8, 4) is 0 Å². The minimum atomic E-state index is -0.0556. The van der Waals surface area contributed by atoms with Gasteiger partial charge in [-0.05, 0) is 23.8 Å². The molecule has 0 aromatic heterocycles. The van der Waals surface area contributed by atoms with E-state index in [1.54, 1.807) is 23.5 Å². The number of carbonyl (C=O) groups excluding carboxylic acids is 1. The molecule has 0 spiro atoms. The van der Waals surface area contributed by atoms with Crippen LogP contribution in [0.25, 0.3) is 0 Å². The van der Waals surface area contributed by atoms with Crippen LogP contribution in [0, 0.1) is 0 Å². The maximum atomic E-state index is 11.9. The lowest BCUT2D eigenvalue weighted by Gasteiger charge is -2.17. The summed E-state index contributed by atoms with van der Waals surface area (Å²) >= 11 is 3.15. The van der Waals surface area contributed by atoms with E-state index in [0.717, 1.165) is 10.8 Å². The number of benzene rings is 1. The van der Waals surface area contributed by atoms with E-state index >= 15 is 0 Å². The average molecular weight is 279 g/mol. The molecule has 1 aliphatic rings. The van der Waals surface area contributed by atoms with Crippen molar-refractivity contribution in [2.24, 2.45) is 4.99 Å². The molecule has 0 fully saturated rings. The Morgan fingerprint density at radius 2 is 2.06 bits per heavy atom. The molecule has 18 heavy (non-hydrogen) atoms. The Morgan fingerprint density at radius 3 is 2.56 bits per heavy atom. The van der Waals surface area contributed by atoms with Crippen LogP contribution < -0.4 is 0 Å². The Morgan fingerprint density at radius 1 is 1.39 bits per heavy atom. The van der Waals surface area contributed by atoms with Crippen LogP contribution >= 0.6 is 23.5 Å². The van der Waals surface area contributed by atoms with Gasteiger partial charge in [-0.2, -0.15) is 4.99 Å². The SMILES string of the molecule is CCc1ccc(C(C)C2SC(SC)=NC2=O)cc1. The minimum absolute atomic E-state index is 0.0106. The Hall–Kier alpha value is -0.740. The maximum absolute atomic E-state index is 11.9. The summed E-state index contributed by atoms with van der Waals surface area (Å²) in [6.45, 7) is 4.25. The third-order valence-corrected chi connectivity index (χ3v) is 5.60. The summed E-state index contributed by atoms with van der Waals surface area (Å²) in [7, 11) is 0. The summed E-state index contributed by atoms with van der Waals surface area (Å²) in [6, 6.07) is 8.56. The molecular weight excluding hydrogens is 262 g/mol. The van der Waals surface area contributed by atoms with Crippen LogP contribution in [0.1, 0.15) is 30.9 Å². The lowest BCUT2D eigenvalue weighted by molar-refractivity contribution is -0.117. The van der Waals surface area contributed by atoms with Crippen molar-refractivity contribution in [1.82, 2.24) is 0 Å². The predicted octanol–water partition coefficient (Wildman–Crippen LogP) is 3.71.